The lowest BCUT2D eigenvalue weighted by molar-refractivity contribution is -0.0463. The normalized spacial score (nSPS) is 31.5. The molecule has 0 aromatic rings. The molecule has 1 heterocycles. The molecule has 0 spiro atoms. The maximum atomic E-state index is 9.68. The van der Waals surface area contributed by atoms with E-state index >= 15 is 0 Å². The van der Waals surface area contributed by atoms with Crippen molar-refractivity contribution in [1.29, 1.82) is 0 Å². The lowest BCUT2D eigenvalue weighted by atomic mass is 9.74. The summed E-state index contributed by atoms with van der Waals surface area (Å²) in [5.74, 6) is 0. The van der Waals surface area contributed by atoms with Crippen molar-refractivity contribution < 1.29 is 9.84 Å². The molecule has 94 valence electrons. The summed E-state index contributed by atoms with van der Waals surface area (Å²) in [6.07, 6.45) is 6.69. The van der Waals surface area contributed by atoms with Crippen LogP contribution in [0.3, 0.4) is 0 Å². The highest BCUT2D eigenvalue weighted by Gasteiger charge is 2.34. The van der Waals surface area contributed by atoms with Gasteiger partial charge in [-0.3, -0.25) is 4.90 Å². The highest BCUT2D eigenvalue weighted by atomic mass is 16.5. The summed E-state index contributed by atoms with van der Waals surface area (Å²) >= 11 is 0. The van der Waals surface area contributed by atoms with Gasteiger partial charge in [0, 0.05) is 31.7 Å². The third-order valence-corrected chi connectivity index (χ3v) is 4.13. The van der Waals surface area contributed by atoms with Crippen LogP contribution in [0.15, 0.2) is 0 Å². The number of hydrogen-bond acceptors (Lipinski definition) is 3. The molecule has 1 saturated carbocycles. The van der Waals surface area contributed by atoms with Crippen LogP contribution < -0.4 is 0 Å². The minimum atomic E-state index is 0.190. The van der Waals surface area contributed by atoms with Crippen molar-refractivity contribution in [1.82, 2.24) is 4.90 Å². The molecule has 3 heteroatoms. The molecule has 0 aromatic heterocycles. The van der Waals surface area contributed by atoms with Crippen LogP contribution in [0.5, 0.6) is 0 Å². The van der Waals surface area contributed by atoms with Crippen LogP contribution in [0.2, 0.25) is 0 Å². The van der Waals surface area contributed by atoms with E-state index in [4.69, 9.17) is 4.74 Å². The summed E-state index contributed by atoms with van der Waals surface area (Å²) < 4.78 is 5.56. The van der Waals surface area contributed by atoms with Gasteiger partial charge in [0.15, 0.2) is 0 Å². The van der Waals surface area contributed by atoms with Gasteiger partial charge in [-0.1, -0.05) is 19.3 Å². The minimum Gasteiger partial charge on any atom is -0.396 e. The maximum absolute atomic E-state index is 9.68. The Morgan fingerprint density at radius 1 is 1.31 bits per heavy atom. The topological polar surface area (TPSA) is 32.7 Å². The van der Waals surface area contributed by atoms with Crippen LogP contribution in [-0.2, 0) is 4.74 Å². The zero-order valence-electron chi connectivity index (χ0n) is 10.5. The van der Waals surface area contributed by atoms with Gasteiger partial charge in [-0.15, -0.1) is 0 Å². The largest absolute Gasteiger partial charge is 0.396 e. The van der Waals surface area contributed by atoms with Gasteiger partial charge in [0.25, 0.3) is 0 Å². The average Bonchev–Trinajstić information content (AvgIpc) is 2.30. The molecular weight excluding hydrogens is 202 g/mol. The van der Waals surface area contributed by atoms with E-state index in [1.54, 1.807) is 0 Å². The minimum absolute atomic E-state index is 0.190. The molecule has 1 saturated heterocycles. The number of ether oxygens (including phenoxy) is 1. The smallest absolute Gasteiger partial charge is 0.0674 e. The zero-order valence-corrected chi connectivity index (χ0v) is 10.5. The van der Waals surface area contributed by atoms with Gasteiger partial charge in [-0.2, -0.15) is 0 Å². The van der Waals surface area contributed by atoms with E-state index in [1.807, 2.05) is 0 Å². The Labute approximate surface area is 98.8 Å². The molecule has 16 heavy (non-hydrogen) atoms. The van der Waals surface area contributed by atoms with E-state index in [9.17, 15) is 5.11 Å². The van der Waals surface area contributed by atoms with Crippen LogP contribution in [0.25, 0.3) is 0 Å². The highest BCUT2D eigenvalue weighted by molar-refractivity contribution is 4.86. The molecular formula is C13H25NO2. The second kappa shape index (κ2) is 5.48. The number of aliphatic hydroxyl groups excluding tert-OH is 1. The Kier molecular flexibility index (Phi) is 4.22. The van der Waals surface area contributed by atoms with Crippen LogP contribution in [0, 0.1) is 5.41 Å². The second-order valence-electron chi connectivity index (χ2n) is 5.64. The summed E-state index contributed by atoms with van der Waals surface area (Å²) in [6.45, 7) is 6.48. The number of nitrogens with zero attached hydrogens (tertiary/aromatic N) is 1. The van der Waals surface area contributed by atoms with Crippen molar-refractivity contribution in [3.8, 4) is 0 Å². The SMILES string of the molecule is CC1CN(CC2(CO)CCCCC2)CCO1. The second-order valence-corrected chi connectivity index (χ2v) is 5.64. The van der Waals surface area contributed by atoms with Gasteiger partial charge in [0.05, 0.1) is 12.7 Å². The summed E-state index contributed by atoms with van der Waals surface area (Å²) in [5.41, 5.74) is 0.190. The predicted molar refractivity (Wildman–Crippen MR) is 64.5 cm³/mol. The van der Waals surface area contributed by atoms with E-state index in [-0.39, 0.29) is 5.41 Å². The van der Waals surface area contributed by atoms with Crippen molar-refractivity contribution >= 4 is 0 Å². The van der Waals surface area contributed by atoms with Gasteiger partial charge in [0.1, 0.15) is 0 Å². The molecule has 1 atom stereocenters. The van der Waals surface area contributed by atoms with Crippen molar-refractivity contribution in [3.63, 3.8) is 0 Å². The molecule has 1 unspecified atom stereocenters. The fourth-order valence-corrected chi connectivity index (χ4v) is 3.18. The molecule has 0 amide bonds. The number of hydrogen-bond donors (Lipinski definition) is 1. The molecule has 1 aliphatic carbocycles. The highest BCUT2D eigenvalue weighted by Crippen LogP contribution is 2.36. The van der Waals surface area contributed by atoms with Crippen molar-refractivity contribution in [2.45, 2.75) is 45.1 Å². The molecule has 0 radical (unpaired) electrons. The van der Waals surface area contributed by atoms with E-state index < -0.39 is 0 Å². The van der Waals surface area contributed by atoms with Crippen molar-refractivity contribution in [2.75, 3.05) is 32.8 Å². The van der Waals surface area contributed by atoms with Crippen molar-refractivity contribution in [2.24, 2.45) is 5.41 Å². The van der Waals surface area contributed by atoms with Crippen LogP contribution in [-0.4, -0.2) is 49.0 Å². The Bertz CT molecular complexity index is 214. The van der Waals surface area contributed by atoms with Gasteiger partial charge in [-0.25, -0.2) is 0 Å². The first-order valence-electron chi connectivity index (χ1n) is 6.69. The summed E-state index contributed by atoms with van der Waals surface area (Å²) in [7, 11) is 0. The molecule has 3 nitrogen and oxygen atoms in total. The van der Waals surface area contributed by atoms with Gasteiger partial charge < -0.3 is 9.84 Å². The van der Waals surface area contributed by atoms with Crippen LogP contribution >= 0.6 is 0 Å². The standard InChI is InChI=1S/C13H25NO2/c1-12-9-14(7-8-16-12)10-13(11-15)5-3-2-4-6-13/h12,15H,2-11H2,1H3. The first-order chi connectivity index (χ1) is 7.74. The molecule has 1 N–H and O–H groups in total. The van der Waals surface area contributed by atoms with Gasteiger partial charge >= 0.3 is 0 Å². The molecule has 2 rings (SSSR count). The average molecular weight is 227 g/mol. The predicted octanol–water partition coefficient (Wildman–Crippen LogP) is 1.65. The number of morpholine rings is 1. The lowest BCUT2D eigenvalue weighted by Gasteiger charge is -2.42. The third kappa shape index (κ3) is 2.96. The number of rotatable bonds is 3. The van der Waals surface area contributed by atoms with E-state index in [0.717, 1.165) is 26.2 Å². The Morgan fingerprint density at radius 2 is 2.06 bits per heavy atom. The fourth-order valence-electron chi connectivity index (χ4n) is 3.18. The molecule has 2 aliphatic rings. The van der Waals surface area contributed by atoms with Gasteiger partial charge in [-0.05, 0) is 19.8 Å². The quantitative estimate of drug-likeness (QED) is 0.796. The van der Waals surface area contributed by atoms with E-state index in [1.165, 1.54) is 32.1 Å². The Balaban J connectivity index is 1.89. The lowest BCUT2D eigenvalue weighted by Crippen LogP contribution is -2.48. The van der Waals surface area contributed by atoms with Crippen LogP contribution in [0.1, 0.15) is 39.0 Å². The summed E-state index contributed by atoms with van der Waals surface area (Å²) in [4.78, 5) is 2.48. The Morgan fingerprint density at radius 3 is 2.69 bits per heavy atom. The first kappa shape index (κ1) is 12.3. The number of aliphatic hydroxyl groups is 1. The zero-order chi connectivity index (χ0) is 11.4. The molecule has 1 aliphatic heterocycles. The maximum Gasteiger partial charge on any atom is 0.0674 e. The molecule has 0 aromatic carbocycles. The Hall–Kier alpha value is -0.120. The van der Waals surface area contributed by atoms with Crippen molar-refractivity contribution in [3.05, 3.63) is 0 Å². The fraction of sp³-hybridized carbons (Fsp3) is 1.00. The summed E-state index contributed by atoms with van der Waals surface area (Å²) in [5, 5.41) is 9.68. The van der Waals surface area contributed by atoms with E-state index in [2.05, 4.69) is 11.8 Å². The monoisotopic (exact) mass is 227 g/mol. The van der Waals surface area contributed by atoms with Crippen LogP contribution in [0.4, 0.5) is 0 Å². The molecule has 2 fully saturated rings. The third-order valence-electron chi connectivity index (χ3n) is 4.13. The first-order valence-corrected chi connectivity index (χ1v) is 6.69. The summed E-state index contributed by atoms with van der Waals surface area (Å²) in [6, 6.07) is 0. The molecule has 0 bridgehead atoms. The van der Waals surface area contributed by atoms with Gasteiger partial charge in [0.2, 0.25) is 0 Å². The van der Waals surface area contributed by atoms with E-state index in [0.29, 0.717) is 12.7 Å².